The normalized spacial score (nSPS) is 16.5. The SMILES string of the molecule is C[Si](C)(C)CCOCN(c1ccc2ncc(Nc3ccc(CN4CCCC4)nc3)cc2n1)c1nnc(C2CCCC2)s1. The fourth-order valence-corrected chi connectivity index (χ4v) is 7.34. The highest BCUT2D eigenvalue weighted by Gasteiger charge is 2.24. The maximum atomic E-state index is 6.20. The largest absolute Gasteiger partial charge is 0.361 e. The third-order valence-corrected chi connectivity index (χ3v) is 10.9. The van der Waals surface area contributed by atoms with Crippen molar-refractivity contribution in [3.8, 4) is 0 Å². The van der Waals surface area contributed by atoms with Crippen LogP contribution < -0.4 is 10.2 Å². The molecule has 6 rings (SSSR count). The lowest BCUT2D eigenvalue weighted by Crippen LogP contribution is -2.26. The first kappa shape index (κ1) is 29.1. The van der Waals surface area contributed by atoms with E-state index < -0.39 is 8.07 Å². The highest BCUT2D eigenvalue weighted by molar-refractivity contribution is 7.15. The van der Waals surface area contributed by atoms with Gasteiger partial charge < -0.3 is 10.1 Å². The van der Waals surface area contributed by atoms with E-state index in [2.05, 4.69) is 67.1 Å². The molecule has 0 atom stereocenters. The Labute approximate surface area is 253 Å². The van der Waals surface area contributed by atoms with Crippen molar-refractivity contribution in [2.75, 3.05) is 36.6 Å². The van der Waals surface area contributed by atoms with Crippen LogP contribution >= 0.6 is 11.3 Å². The number of rotatable bonds is 12. The van der Waals surface area contributed by atoms with Gasteiger partial charge in [0.05, 0.1) is 40.5 Å². The molecule has 2 fully saturated rings. The van der Waals surface area contributed by atoms with Gasteiger partial charge in [-0.15, -0.1) is 10.2 Å². The number of fused-ring (bicyclic) bond motifs is 1. The van der Waals surface area contributed by atoms with Gasteiger partial charge in [-0.1, -0.05) is 43.8 Å². The molecule has 0 unspecified atom stereocenters. The third-order valence-electron chi connectivity index (χ3n) is 8.08. The second-order valence-corrected chi connectivity index (χ2v) is 19.4. The van der Waals surface area contributed by atoms with E-state index in [4.69, 9.17) is 9.72 Å². The van der Waals surface area contributed by atoms with Crippen LogP contribution in [0.3, 0.4) is 0 Å². The number of pyridine rings is 3. The monoisotopic (exact) mass is 602 g/mol. The number of anilines is 4. The molecule has 5 heterocycles. The topological polar surface area (TPSA) is 92.2 Å². The molecule has 0 radical (unpaired) electrons. The number of nitrogens with zero attached hydrogens (tertiary/aromatic N) is 7. The molecule has 0 aromatic carbocycles. The average Bonchev–Trinajstić information content (AvgIpc) is 3.77. The van der Waals surface area contributed by atoms with Crippen LogP contribution in [0.15, 0.2) is 42.7 Å². The minimum absolute atomic E-state index is 0.392. The van der Waals surface area contributed by atoms with Gasteiger partial charge in [-0.2, -0.15) is 0 Å². The minimum Gasteiger partial charge on any atom is -0.361 e. The van der Waals surface area contributed by atoms with Gasteiger partial charge in [0.2, 0.25) is 5.13 Å². The van der Waals surface area contributed by atoms with Crippen molar-refractivity contribution in [3.63, 3.8) is 0 Å². The van der Waals surface area contributed by atoms with Gasteiger partial charge in [-0.05, 0) is 75.1 Å². The maximum Gasteiger partial charge on any atom is 0.215 e. The molecule has 11 heteroatoms. The van der Waals surface area contributed by atoms with Crippen molar-refractivity contribution in [2.24, 2.45) is 0 Å². The summed E-state index contributed by atoms with van der Waals surface area (Å²) in [6, 6.07) is 11.4. The van der Waals surface area contributed by atoms with E-state index in [1.807, 2.05) is 30.6 Å². The molecule has 1 aliphatic carbocycles. The van der Waals surface area contributed by atoms with E-state index in [1.165, 1.54) is 51.6 Å². The molecule has 1 saturated heterocycles. The van der Waals surface area contributed by atoms with Crippen molar-refractivity contribution in [3.05, 3.63) is 53.4 Å². The molecule has 1 N–H and O–H groups in total. The van der Waals surface area contributed by atoms with Crippen molar-refractivity contribution < 1.29 is 4.74 Å². The van der Waals surface area contributed by atoms with Crippen LogP contribution in [-0.2, 0) is 11.3 Å². The Morgan fingerprint density at radius 2 is 1.76 bits per heavy atom. The zero-order valence-corrected chi connectivity index (χ0v) is 26.9. The van der Waals surface area contributed by atoms with Crippen LogP contribution in [0.25, 0.3) is 11.0 Å². The number of nitrogens with one attached hydrogen (secondary N) is 1. The van der Waals surface area contributed by atoms with E-state index in [1.54, 1.807) is 11.3 Å². The summed E-state index contributed by atoms with van der Waals surface area (Å²) < 4.78 is 6.20. The first-order valence-corrected chi connectivity index (χ1v) is 19.8. The number of aromatic nitrogens is 5. The minimum atomic E-state index is -1.19. The second-order valence-electron chi connectivity index (χ2n) is 12.8. The standard InChI is InChI=1S/C31H42N8OSSi/c1-42(2,3)17-16-40-22-39(31-37-36-30(41-31)23-8-4-5-9-23)29-13-12-27-28(35-29)18-26(20-33-27)34-24-10-11-25(32-19-24)21-38-14-6-7-15-38/h10-13,18-20,23,34H,4-9,14-17,21-22H2,1-3H3. The molecule has 0 spiro atoms. The summed E-state index contributed by atoms with van der Waals surface area (Å²) in [5, 5.41) is 14.6. The van der Waals surface area contributed by atoms with Crippen LogP contribution in [0.4, 0.5) is 22.3 Å². The lowest BCUT2D eigenvalue weighted by atomic mass is 10.1. The smallest absolute Gasteiger partial charge is 0.215 e. The summed E-state index contributed by atoms with van der Waals surface area (Å²) in [5.41, 5.74) is 4.56. The Morgan fingerprint density at radius 3 is 2.52 bits per heavy atom. The summed E-state index contributed by atoms with van der Waals surface area (Å²) >= 11 is 1.67. The van der Waals surface area contributed by atoms with Gasteiger partial charge in [0, 0.05) is 27.1 Å². The van der Waals surface area contributed by atoms with Crippen LogP contribution in [0.5, 0.6) is 0 Å². The zero-order chi connectivity index (χ0) is 28.9. The van der Waals surface area contributed by atoms with Gasteiger partial charge in [0.15, 0.2) is 0 Å². The average molecular weight is 603 g/mol. The number of hydrogen-bond acceptors (Lipinski definition) is 10. The van der Waals surface area contributed by atoms with E-state index in [9.17, 15) is 0 Å². The van der Waals surface area contributed by atoms with E-state index >= 15 is 0 Å². The molecular weight excluding hydrogens is 561 g/mol. The van der Waals surface area contributed by atoms with Crippen LogP contribution in [0.1, 0.15) is 55.1 Å². The van der Waals surface area contributed by atoms with Crippen molar-refractivity contribution in [2.45, 2.75) is 76.7 Å². The molecule has 1 aliphatic heterocycles. The van der Waals surface area contributed by atoms with E-state index in [0.717, 1.165) is 63.3 Å². The van der Waals surface area contributed by atoms with Gasteiger partial charge in [-0.3, -0.25) is 19.8 Å². The summed E-state index contributed by atoms with van der Waals surface area (Å²) in [7, 11) is -1.19. The Hall–Kier alpha value is -2.99. The zero-order valence-electron chi connectivity index (χ0n) is 25.1. The van der Waals surface area contributed by atoms with Gasteiger partial charge in [-0.25, -0.2) is 4.98 Å². The molecule has 4 aromatic heterocycles. The Morgan fingerprint density at radius 1 is 0.952 bits per heavy atom. The van der Waals surface area contributed by atoms with Crippen LogP contribution in [-0.4, -0.2) is 64.6 Å². The predicted octanol–water partition coefficient (Wildman–Crippen LogP) is 7.32. The van der Waals surface area contributed by atoms with Crippen LogP contribution in [0, 0.1) is 0 Å². The first-order valence-electron chi connectivity index (χ1n) is 15.3. The molecule has 222 valence electrons. The molecule has 4 aromatic rings. The predicted molar refractivity (Wildman–Crippen MR) is 174 cm³/mol. The maximum absolute atomic E-state index is 6.20. The lowest BCUT2D eigenvalue weighted by molar-refractivity contribution is 0.153. The molecule has 9 nitrogen and oxygen atoms in total. The number of likely N-dealkylation sites (tertiary alicyclic amines) is 1. The third kappa shape index (κ3) is 7.50. The lowest BCUT2D eigenvalue weighted by Gasteiger charge is -2.22. The molecular formula is C31H42N8OSSi. The number of ether oxygens (including phenoxy) is 1. The highest BCUT2D eigenvalue weighted by Crippen LogP contribution is 2.38. The Balaban J connectivity index is 1.20. The molecule has 0 bridgehead atoms. The van der Waals surface area contributed by atoms with E-state index in [0.29, 0.717) is 12.6 Å². The highest BCUT2D eigenvalue weighted by atomic mass is 32.1. The summed E-state index contributed by atoms with van der Waals surface area (Å²) in [4.78, 5) is 18.9. The Kier molecular flexibility index (Phi) is 9.08. The quantitative estimate of drug-likeness (QED) is 0.102. The molecule has 2 aliphatic rings. The molecule has 1 saturated carbocycles. The van der Waals surface area contributed by atoms with Crippen LogP contribution in [0.2, 0.25) is 25.7 Å². The summed E-state index contributed by atoms with van der Waals surface area (Å²) in [6.45, 7) is 11.5. The van der Waals surface area contributed by atoms with Gasteiger partial charge >= 0.3 is 0 Å². The van der Waals surface area contributed by atoms with E-state index in [-0.39, 0.29) is 0 Å². The first-order chi connectivity index (χ1) is 20.4. The number of hydrogen-bond donors (Lipinski definition) is 1. The summed E-state index contributed by atoms with van der Waals surface area (Å²) in [5.74, 6) is 1.31. The van der Waals surface area contributed by atoms with Crippen molar-refractivity contribution in [1.29, 1.82) is 0 Å². The van der Waals surface area contributed by atoms with Gasteiger partial charge in [0.1, 0.15) is 17.6 Å². The van der Waals surface area contributed by atoms with Crippen molar-refractivity contribution in [1.82, 2.24) is 30.0 Å². The molecule has 0 amide bonds. The molecule has 42 heavy (non-hydrogen) atoms. The fraction of sp³-hybridized carbons (Fsp3) is 0.516. The Bertz CT molecular complexity index is 1460. The van der Waals surface area contributed by atoms with Crippen molar-refractivity contribution >= 4 is 52.8 Å². The second kappa shape index (κ2) is 13.1. The summed E-state index contributed by atoms with van der Waals surface area (Å²) in [6.07, 6.45) is 11.3. The van der Waals surface area contributed by atoms with Gasteiger partial charge in [0.25, 0.3) is 0 Å². The fourth-order valence-electron chi connectivity index (χ4n) is 5.57.